The fourth-order valence-electron chi connectivity index (χ4n) is 0.961. The van der Waals surface area contributed by atoms with Crippen molar-refractivity contribution in [3.8, 4) is 0 Å². The maximum Gasteiger partial charge on any atom is 0.254 e. The Morgan fingerprint density at radius 1 is 1.36 bits per heavy atom. The van der Waals surface area contributed by atoms with Crippen molar-refractivity contribution in [3.05, 3.63) is 34.9 Å². The number of hydrogen-bond acceptors (Lipinski definition) is 2. The Balaban J connectivity index is 3.28. The van der Waals surface area contributed by atoms with Gasteiger partial charge in [-0.2, -0.15) is 0 Å². The van der Waals surface area contributed by atoms with Gasteiger partial charge in [-0.05, 0) is 12.1 Å². The van der Waals surface area contributed by atoms with Gasteiger partial charge in [-0.25, -0.2) is 8.78 Å². The lowest BCUT2D eigenvalue weighted by Gasteiger charge is -2.02. The third-order valence-corrected chi connectivity index (χ3v) is 1.69. The number of nitrogens with one attached hydrogen (secondary N) is 1. The highest BCUT2D eigenvalue weighted by Gasteiger charge is 2.14. The summed E-state index contributed by atoms with van der Waals surface area (Å²) in [4.78, 5) is 21.2. The minimum atomic E-state index is -0.923. The van der Waals surface area contributed by atoms with Crippen molar-refractivity contribution in [1.82, 2.24) is 5.32 Å². The highest BCUT2D eigenvalue weighted by Crippen LogP contribution is 2.13. The van der Waals surface area contributed by atoms with Crippen molar-refractivity contribution in [1.29, 1.82) is 0 Å². The predicted molar refractivity (Wildman–Crippen MR) is 45.1 cm³/mol. The molecule has 0 aliphatic heterocycles. The van der Waals surface area contributed by atoms with Crippen molar-refractivity contribution in [3.63, 3.8) is 0 Å². The second-order valence-electron chi connectivity index (χ2n) is 2.55. The molecule has 1 N–H and O–H groups in total. The molecule has 0 unspecified atom stereocenters. The fourth-order valence-corrected chi connectivity index (χ4v) is 0.961. The first-order chi connectivity index (χ1) is 6.60. The number of aldehydes is 1. The molecule has 0 fully saturated rings. The van der Waals surface area contributed by atoms with E-state index in [2.05, 4.69) is 5.32 Å². The normalized spacial score (nSPS) is 9.64. The minimum absolute atomic E-state index is 0.187. The molecule has 5 heteroatoms. The molecule has 0 saturated carbocycles. The Bertz CT molecular complexity index is 391. The first-order valence-electron chi connectivity index (χ1n) is 3.76. The van der Waals surface area contributed by atoms with Crippen molar-refractivity contribution in [2.75, 3.05) is 7.05 Å². The van der Waals surface area contributed by atoms with Crippen LogP contribution in [-0.4, -0.2) is 19.2 Å². The third kappa shape index (κ3) is 1.76. The van der Waals surface area contributed by atoms with Crippen LogP contribution in [0.2, 0.25) is 0 Å². The van der Waals surface area contributed by atoms with Gasteiger partial charge in [0.15, 0.2) is 6.29 Å². The van der Waals surface area contributed by atoms with E-state index in [9.17, 15) is 18.4 Å². The SMILES string of the molecule is CNC(=O)c1cc(F)c(C=O)cc1F. The zero-order valence-corrected chi connectivity index (χ0v) is 7.30. The number of benzene rings is 1. The van der Waals surface area contributed by atoms with Crippen LogP contribution in [0.25, 0.3) is 0 Å². The average Bonchev–Trinajstić information content (AvgIpc) is 2.19. The van der Waals surface area contributed by atoms with Gasteiger partial charge in [0.1, 0.15) is 11.6 Å². The lowest BCUT2D eigenvalue weighted by Crippen LogP contribution is -2.19. The molecular weight excluding hydrogens is 192 g/mol. The monoisotopic (exact) mass is 199 g/mol. The molecule has 74 valence electrons. The molecule has 0 saturated heterocycles. The standard InChI is InChI=1S/C9H7F2NO2/c1-12-9(14)6-3-7(10)5(4-13)2-8(6)11/h2-4H,1H3,(H,12,14). The number of halogens is 2. The summed E-state index contributed by atoms with van der Waals surface area (Å²) in [7, 11) is 1.30. The quantitative estimate of drug-likeness (QED) is 0.726. The molecule has 3 nitrogen and oxygen atoms in total. The van der Waals surface area contributed by atoms with Crippen LogP contribution in [0, 0.1) is 11.6 Å². The van der Waals surface area contributed by atoms with Gasteiger partial charge in [-0.3, -0.25) is 9.59 Å². The summed E-state index contributed by atoms with van der Waals surface area (Å²) in [6.45, 7) is 0. The molecule has 1 aromatic rings. The topological polar surface area (TPSA) is 46.2 Å². The Labute approximate surface area is 78.7 Å². The molecule has 14 heavy (non-hydrogen) atoms. The summed E-state index contributed by atoms with van der Waals surface area (Å²) in [5.74, 6) is -2.58. The van der Waals surface area contributed by atoms with E-state index in [1.165, 1.54) is 7.05 Å². The number of hydrogen-bond donors (Lipinski definition) is 1. The molecule has 0 spiro atoms. The van der Waals surface area contributed by atoms with E-state index in [1.807, 2.05) is 0 Å². The highest BCUT2D eigenvalue weighted by atomic mass is 19.1. The van der Waals surface area contributed by atoms with Crippen LogP contribution in [0.1, 0.15) is 20.7 Å². The summed E-state index contributed by atoms with van der Waals surface area (Å²) in [6, 6.07) is 1.38. The largest absolute Gasteiger partial charge is 0.355 e. The van der Waals surface area contributed by atoms with Gasteiger partial charge in [0.2, 0.25) is 0 Å². The number of rotatable bonds is 2. The summed E-state index contributed by atoms with van der Waals surface area (Å²) in [5.41, 5.74) is -0.828. The average molecular weight is 199 g/mol. The maximum atomic E-state index is 13.1. The highest BCUT2D eigenvalue weighted by molar-refractivity contribution is 5.95. The third-order valence-electron chi connectivity index (χ3n) is 1.69. The Morgan fingerprint density at radius 2 is 2.00 bits per heavy atom. The summed E-state index contributed by atoms with van der Waals surface area (Å²) in [6.07, 6.45) is 0.187. The van der Waals surface area contributed by atoms with Crippen LogP contribution in [0.15, 0.2) is 12.1 Å². The lowest BCUT2D eigenvalue weighted by molar-refractivity contribution is 0.0957. The molecule has 1 amide bonds. The van der Waals surface area contributed by atoms with Gasteiger partial charge >= 0.3 is 0 Å². The number of carbonyl (C=O) groups is 2. The lowest BCUT2D eigenvalue weighted by atomic mass is 10.1. The van der Waals surface area contributed by atoms with Crippen molar-refractivity contribution < 1.29 is 18.4 Å². The van der Waals surface area contributed by atoms with Crippen molar-refractivity contribution in [2.24, 2.45) is 0 Å². The smallest absolute Gasteiger partial charge is 0.254 e. The van der Waals surface area contributed by atoms with Gasteiger partial charge in [-0.15, -0.1) is 0 Å². The van der Waals surface area contributed by atoms with E-state index in [4.69, 9.17) is 0 Å². The first-order valence-corrected chi connectivity index (χ1v) is 3.76. The Morgan fingerprint density at radius 3 is 2.50 bits per heavy atom. The molecule has 0 radical (unpaired) electrons. The van der Waals surface area contributed by atoms with Gasteiger partial charge in [0.25, 0.3) is 5.91 Å². The Kier molecular flexibility index (Phi) is 2.91. The van der Waals surface area contributed by atoms with Gasteiger partial charge in [0.05, 0.1) is 11.1 Å². The van der Waals surface area contributed by atoms with E-state index in [0.29, 0.717) is 12.1 Å². The molecular formula is C9H7F2NO2. The van der Waals surface area contributed by atoms with E-state index in [0.717, 1.165) is 0 Å². The predicted octanol–water partition coefficient (Wildman–Crippen LogP) is 1.14. The van der Waals surface area contributed by atoms with Crippen molar-refractivity contribution >= 4 is 12.2 Å². The first kappa shape index (κ1) is 10.3. The Hall–Kier alpha value is -1.78. The number of carbonyl (C=O) groups excluding carboxylic acids is 2. The fraction of sp³-hybridized carbons (Fsp3) is 0.111. The van der Waals surface area contributed by atoms with E-state index < -0.39 is 28.7 Å². The zero-order chi connectivity index (χ0) is 10.7. The second-order valence-corrected chi connectivity index (χ2v) is 2.55. The molecule has 1 rings (SSSR count). The van der Waals surface area contributed by atoms with E-state index in [-0.39, 0.29) is 6.29 Å². The van der Waals surface area contributed by atoms with Crippen LogP contribution in [-0.2, 0) is 0 Å². The molecule has 0 aromatic heterocycles. The molecule has 0 atom stereocenters. The van der Waals surface area contributed by atoms with Crippen LogP contribution in [0.5, 0.6) is 0 Å². The molecule has 0 heterocycles. The molecule has 0 aliphatic carbocycles. The van der Waals surface area contributed by atoms with E-state index >= 15 is 0 Å². The zero-order valence-electron chi connectivity index (χ0n) is 7.30. The van der Waals surface area contributed by atoms with Gasteiger partial charge in [0, 0.05) is 7.05 Å². The molecule has 1 aromatic carbocycles. The molecule has 0 aliphatic rings. The van der Waals surface area contributed by atoms with Gasteiger partial charge < -0.3 is 5.32 Å². The summed E-state index contributed by atoms with van der Waals surface area (Å²) < 4.78 is 26.0. The van der Waals surface area contributed by atoms with Gasteiger partial charge in [-0.1, -0.05) is 0 Å². The van der Waals surface area contributed by atoms with Crippen LogP contribution in [0.3, 0.4) is 0 Å². The van der Waals surface area contributed by atoms with E-state index in [1.54, 1.807) is 0 Å². The summed E-state index contributed by atoms with van der Waals surface area (Å²) >= 11 is 0. The van der Waals surface area contributed by atoms with Crippen LogP contribution < -0.4 is 5.32 Å². The minimum Gasteiger partial charge on any atom is -0.355 e. The van der Waals surface area contributed by atoms with Crippen LogP contribution >= 0.6 is 0 Å². The maximum absolute atomic E-state index is 13.1. The van der Waals surface area contributed by atoms with Crippen LogP contribution in [0.4, 0.5) is 8.78 Å². The second kappa shape index (κ2) is 3.95. The summed E-state index contributed by atoms with van der Waals surface area (Å²) in [5, 5.41) is 2.15. The number of amides is 1. The molecule has 0 bridgehead atoms. The van der Waals surface area contributed by atoms with Crippen molar-refractivity contribution in [2.45, 2.75) is 0 Å².